The van der Waals surface area contributed by atoms with Gasteiger partial charge in [-0.15, -0.1) is 0 Å². The molecular formula is C18H14F3NO3. The number of carbonyl (C=O) groups excluding carboxylic acids is 1. The molecule has 25 heavy (non-hydrogen) atoms. The number of benzene rings is 2. The number of anilines is 1. The van der Waals surface area contributed by atoms with Crippen LogP contribution in [-0.4, -0.2) is 18.2 Å². The van der Waals surface area contributed by atoms with E-state index in [1.807, 2.05) is 0 Å². The number of ether oxygens (including phenoxy) is 1. The first-order chi connectivity index (χ1) is 11.8. The van der Waals surface area contributed by atoms with Gasteiger partial charge in [-0.2, -0.15) is 13.2 Å². The minimum Gasteiger partial charge on any atom is -0.505 e. The van der Waals surface area contributed by atoms with Crippen molar-refractivity contribution in [3.05, 3.63) is 70.9 Å². The number of esters is 1. The van der Waals surface area contributed by atoms with Crippen molar-refractivity contribution < 1.29 is 27.8 Å². The van der Waals surface area contributed by atoms with Gasteiger partial charge >= 0.3 is 12.1 Å². The van der Waals surface area contributed by atoms with E-state index in [4.69, 9.17) is 0 Å². The number of alkyl halides is 3. The van der Waals surface area contributed by atoms with Gasteiger partial charge in [0.05, 0.1) is 18.4 Å². The van der Waals surface area contributed by atoms with Crippen molar-refractivity contribution in [3.8, 4) is 0 Å². The monoisotopic (exact) mass is 349 g/mol. The molecule has 0 saturated carbocycles. The maximum atomic E-state index is 13.4. The zero-order valence-electron chi connectivity index (χ0n) is 13.2. The molecule has 0 atom stereocenters. The maximum Gasteiger partial charge on any atom is 0.418 e. The van der Waals surface area contributed by atoms with Crippen LogP contribution >= 0.6 is 0 Å². The van der Waals surface area contributed by atoms with Crippen LogP contribution in [0.4, 0.5) is 18.9 Å². The van der Waals surface area contributed by atoms with Crippen LogP contribution in [0.15, 0.2) is 54.2 Å². The zero-order chi connectivity index (χ0) is 18.2. The van der Waals surface area contributed by atoms with Gasteiger partial charge in [0.25, 0.3) is 0 Å². The van der Waals surface area contributed by atoms with Crippen molar-refractivity contribution in [2.24, 2.45) is 0 Å². The molecule has 0 unspecified atom stereocenters. The fourth-order valence-electron chi connectivity index (χ4n) is 2.85. The lowest BCUT2D eigenvalue weighted by Crippen LogP contribution is -2.34. The quantitative estimate of drug-likeness (QED) is 0.829. The van der Waals surface area contributed by atoms with Crippen molar-refractivity contribution in [1.82, 2.24) is 0 Å². The molecule has 0 amide bonds. The van der Waals surface area contributed by atoms with Gasteiger partial charge in [0.2, 0.25) is 0 Å². The number of nitrogens with zero attached hydrogens (tertiary/aromatic N) is 1. The summed E-state index contributed by atoms with van der Waals surface area (Å²) in [6.45, 7) is -0.00222. The second-order valence-electron chi connectivity index (χ2n) is 5.45. The third kappa shape index (κ3) is 2.93. The summed E-state index contributed by atoms with van der Waals surface area (Å²) in [6, 6.07) is 11.6. The van der Waals surface area contributed by atoms with Gasteiger partial charge < -0.3 is 14.7 Å². The highest BCUT2D eigenvalue weighted by atomic mass is 19.4. The summed E-state index contributed by atoms with van der Waals surface area (Å²) in [4.78, 5) is 13.3. The molecule has 1 aliphatic heterocycles. The Morgan fingerprint density at radius 3 is 2.44 bits per heavy atom. The summed E-state index contributed by atoms with van der Waals surface area (Å²) >= 11 is 0. The van der Waals surface area contributed by atoms with Gasteiger partial charge in [-0.25, -0.2) is 4.79 Å². The minimum absolute atomic E-state index is 0.00222. The number of hydrogen-bond acceptors (Lipinski definition) is 4. The molecule has 0 fully saturated rings. The van der Waals surface area contributed by atoms with Crippen LogP contribution in [-0.2, 0) is 22.3 Å². The van der Waals surface area contributed by atoms with Crippen LogP contribution in [0.25, 0.3) is 5.76 Å². The Kier molecular flexibility index (Phi) is 4.16. The predicted octanol–water partition coefficient (Wildman–Crippen LogP) is 4.13. The number of methoxy groups -OCH3 is 1. The lowest BCUT2D eigenvalue weighted by molar-refractivity contribution is -0.138. The normalized spacial score (nSPS) is 14.3. The Morgan fingerprint density at radius 2 is 1.76 bits per heavy atom. The zero-order valence-corrected chi connectivity index (χ0v) is 13.2. The van der Waals surface area contributed by atoms with Gasteiger partial charge in [0.15, 0.2) is 11.5 Å². The third-order valence-electron chi connectivity index (χ3n) is 3.97. The molecule has 0 saturated heterocycles. The molecule has 0 bridgehead atoms. The SMILES string of the molecule is COC(=O)C1=C(O)c2ccccc2CN1c1ccccc1C(F)(F)F. The number of carbonyl (C=O) groups is 1. The number of rotatable bonds is 2. The van der Waals surface area contributed by atoms with Crippen LogP contribution < -0.4 is 4.90 Å². The van der Waals surface area contributed by atoms with Crippen LogP contribution in [0, 0.1) is 0 Å². The van der Waals surface area contributed by atoms with E-state index in [2.05, 4.69) is 4.74 Å². The average Bonchev–Trinajstić information content (AvgIpc) is 2.60. The van der Waals surface area contributed by atoms with Gasteiger partial charge in [-0.3, -0.25) is 0 Å². The van der Waals surface area contributed by atoms with Crippen molar-refractivity contribution in [3.63, 3.8) is 0 Å². The fraction of sp³-hybridized carbons (Fsp3) is 0.167. The molecule has 1 aliphatic rings. The van der Waals surface area contributed by atoms with Crippen LogP contribution in [0.2, 0.25) is 0 Å². The Hall–Kier alpha value is -2.96. The Balaban J connectivity index is 2.24. The summed E-state index contributed by atoms with van der Waals surface area (Å²) < 4.78 is 44.8. The molecular weight excluding hydrogens is 335 g/mol. The van der Waals surface area contributed by atoms with Gasteiger partial charge in [-0.05, 0) is 17.7 Å². The standard InChI is InChI=1S/C18H14F3NO3/c1-25-17(24)15-16(23)12-7-3-2-6-11(12)10-22(15)14-9-5-4-8-13(14)18(19,20)21/h2-9,23H,10H2,1H3. The molecule has 1 heterocycles. The number of aliphatic hydroxyl groups excluding tert-OH is 1. The van der Waals surface area contributed by atoms with E-state index in [0.29, 0.717) is 11.1 Å². The van der Waals surface area contributed by atoms with E-state index in [9.17, 15) is 23.1 Å². The van der Waals surface area contributed by atoms with Gasteiger partial charge in [0.1, 0.15) is 0 Å². The van der Waals surface area contributed by atoms with Gasteiger partial charge in [0, 0.05) is 12.1 Å². The van der Waals surface area contributed by atoms with Crippen LogP contribution in [0.5, 0.6) is 0 Å². The molecule has 0 spiro atoms. The van der Waals surface area contributed by atoms with Crippen molar-refractivity contribution in [2.75, 3.05) is 12.0 Å². The molecule has 2 aromatic carbocycles. The molecule has 7 heteroatoms. The van der Waals surface area contributed by atoms with Gasteiger partial charge in [-0.1, -0.05) is 36.4 Å². The van der Waals surface area contributed by atoms with E-state index >= 15 is 0 Å². The minimum atomic E-state index is -4.61. The third-order valence-corrected chi connectivity index (χ3v) is 3.97. The smallest absolute Gasteiger partial charge is 0.418 e. The highest BCUT2D eigenvalue weighted by Crippen LogP contribution is 2.41. The summed E-state index contributed by atoms with van der Waals surface area (Å²) in [6.07, 6.45) is -4.61. The van der Waals surface area contributed by atoms with E-state index in [0.717, 1.165) is 18.1 Å². The molecule has 130 valence electrons. The highest BCUT2D eigenvalue weighted by Gasteiger charge is 2.38. The number of fused-ring (bicyclic) bond motifs is 1. The number of hydrogen-bond donors (Lipinski definition) is 1. The second kappa shape index (κ2) is 6.16. The first kappa shape index (κ1) is 16.9. The van der Waals surface area contributed by atoms with E-state index in [1.54, 1.807) is 24.3 Å². The molecule has 2 aromatic rings. The summed E-state index contributed by atoms with van der Waals surface area (Å²) in [5.74, 6) is -1.32. The topological polar surface area (TPSA) is 49.8 Å². The van der Waals surface area contributed by atoms with Crippen LogP contribution in [0.1, 0.15) is 16.7 Å². The summed E-state index contributed by atoms with van der Waals surface area (Å²) in [5, 5.41) is 10.5. The average molecular weight is 349 g/mol. The maximum absolute atomic E-state index is 13.4. The first-order valence-corrected chi connectivity index (χ1v) is 7.38. The fourth-order valence-corrected chi connectivity index (χ4v) is 2.85. The molecule has 0 aromatic heterocycles. The largest absolute Gasteiger partial charge is 0.505 e. The molecule has 1 N–H and O–H groups in total. The summed E-state index contributed by atoms with van der Waals surface area (Å²) in [7, 11) is 1.11. The highest BCUT2D eigenvalue weighted by molar-refractivity contribution is 6.01. The van der Waals surface area contributed by atoms with Crippen LogP contribution in [0.3, 0.4) is 0 Å². The lowest BCUT2D eigenvalue weighted by Gasteiger charge is -2.33. The molecule has 0 radical (unpaired) electrons. The summed E-state index contributed by atoms with van der Waals surface area (Å²) in [5.41, 5.74) is -0.453. The number of halogens is 3. The van der Waals surface area contributed by atoms with E-state index in [-0.39, 0.29) is 17.9 Å². The van der Waals surface area contributed by atoms with Crippen molar-refractivity contribution in [1.29, 1.82) is 0 Å². The second-order valence-corrected chi connectivity index (χ2v) is 5.45. The molecule has 4 nitrogen and oxygen atoms in total. The molecule has 3 rings (SSSR count). The lowest BCUT2D eigenvalue weighted by atomic mass is 9.98. The Bertz CT molecular complexity index is 859. The predicted molar refractivity (Wildman–Crippen MR) is 85.6 cm³/mol. The first-order valence-electron chi connectivity index (χ1n) is 7.38. The number of aliphatic hydroxyl groups is 1. The Labute approximate surface area is 141 Å². The number of para-hydroxylation sites is 1. The Morgan fingerprint density at radius 1 is 1.12 bits per heavy atom. The van der Waals surface area contributed by atoms with Crippen molar-refractivity contribution >= 4 is 17.4 Å². The molecule has 0 aliphatic carbocycles. The van der Waals surface area contributed by atoms with Crippen molar-refractivity contribution in [2.45, 2.75) is 12.7 Å². The van der Waals surface area contributed by atoms with E-state index < -0.39 is 23.5 Å². The van der Waals surface area contributed by atoms with E-state index in [1.165, 1.54) is 18.2 Å².